The zero-order chi connectivity index (χ0) is 17.1. The van der Waals surface area contributed by atoms with Gasteiger partial charge in [0, 0.05) is 37.7 Å². The molecule has 0 N–H and O–H groups in total. The van der Waals surface area contributed by atoms with E-state index in [-0.39, 0.29) is 0 Å². The van der Waals surface area contributed by atoms with Gasteiger partial charge in [-0.2, -0.15) is 0 Å². The third-order valence-electron chi connectivity index (χ3n) is 3.04. The Hall–Kier alpha value is -0.483. The fraction of sp³-hybridized carbons (Fsp3) is 0.929. The van der Waals surface area contributed by atoms with Crippen molar-refractivity contribution in [1.82, 2.24) is 20.2 Å². The Kier molecular flexibility index (Phi) is 9.96. The Balaban J connectivity index is 2.48. The van der Waals surface area contributed by atoms with Crippen LogP contribution in [0.4, 0.5) is 0 Å². The molecule has 0 aliphatic carbocycles. The highest BCUT2D eigenvalue weighted by atomic mass is 32.2. The summed E-state index contributed by atoms with van der Waals surface area (Å²) < 4.78 is 19.5. The summed E-state index contributed by atoms with van der Waals surface area (Å²) in [5.74, 6) is 0. The van der Waals surface area contributed by atoms with E-state index in [1.165, 1.54) is 0 Å². The standard InChI is InChI=1S/C14H30N4O3SSi/c1-6-19-23(20-7-2,21-8-3)12-10-9-11-18-14(15-16-17-18)22-13(4)5/h13H,6-12H2,1-5H3. The van der Waals surface area contributed by atoms with Crippen molar-refractivity contribution in [2.24, 2.45) is 0 Å². The van der Waals surface area contributed by atoms with E-state index >= 15 is 0 Å². The van der Waals surface area contributed by atoms with Crippen LogP contribution in [0.2, 0.25) is 6.04 Å². The van der Waals surface area contributed by atoms with Crippen LogP contribution in [0.25, 0.3) is 0 Å². The zero-order valence-corrected chi connectivity index (χ0v) is 16.8. The lowest BCUT2D eigenvalue weighted by Crippen LogP contribution is -2.45. The molecule has 9 heteroatoms. The maximum Gasteiger partial charge on any atom is 0.500 e. The molecule has 23 heavy (non-hydrogen) atoms. The van der Waals surface area contributed by atoms with Crippen LogP contribution in [0.3, 0.4) is 0 Å². The van der Waals surface area contributed by atoms with Crippen molar-refractivity contribution in [3.05, 3.63) is 0 Å². The summed E-state index contributed by atoms with van der Waals surface area (Å²) >= 11 is 1.68. The highest BCUT2D eigenvalue weighted by Crippen LogP contribution is 2.22. The Morgan fingerprint density at radius 3 is 2.17 bits per heavy atom. The summed E-state index contributed by atoms with van der Waals surface area (Å²) in [6.07, 6.45) is 1.94. The molecule has 0 amide bonds. The van der Waals surface area contributed by atoms with E-state index < -0.39 is 8.80 Å². The molecule has 0 aliphatic rings. The van der Waals surface area contributed by atoms with Crippen molar-refractivity contribution in [3.63, 3.8) is 0 Å². The molecule has 0 spiro atoms. The number of nitrogens with zero attached hydrogens (tertiary/aromatic N) is 4. The molecule has 1 aromatic rings. The number of unbranched alkanes of at least 4 members (excludes halogenated alkanes) is 1. The molecule has 0 aliphatic heterocycles. The zero-order valence-electron chi connectivity index (χ0n) is 14.9. The van der Waals surface area contributed by atoms with Gasteiger partial charge < -0.3 is 13.3 Å². The molecule has 0 unspecified atom stereocenters. The molecule has 0 atom stereocenters. The van der Waals surface area contributed by atoms with Crippen LogP contribution in [0.5, 0.6) is 0 Å². The SMILES string of the molecule is CCO[Si](CCCCn1nnnc1SC(C)C)(OCC)OCC. The van der Waals surface area contributed by atoms with Crippen LogP contribution in [0, 0.1) is 0 Å². The van der Waals surface area contributed by atoms with Crippen LogP contribution in [0.1, 0.15) is 47.5 Å². The van der Waals surface area contributed by atoms with Crippen LogP contribution in [-0.4, -0.2) is 54.1 Å². The maximum atomic E-state index is 5.87. The fourth-order valence-electron chi connectivity index (χ4n) is 2.24. The van der Waals surface area contributed by atoms with E-state index in [4.69, 9.17) is 13.3 Å². The normalized spacial score (nSPS) is 12.3. The first-order chi connectivity index (χ1) is 11.1. The van der Waals surface area contributed by atoms with Gasteiger partial charge in [0.15, 0.2) is 0 Å². The van der Waals surface area contributed by atoms with E-state index in [0.717, 1.165) is 30.6 Å². The van der Waals surface area contributed by atoms with Crippen LogP contribution >= 0.6 is 11.8 Å². The van der Waals surface area contributed by atoms with Gasteiger partial charge in [-0.05, 0) is 44.0 Å². The van der Waals surface area contributed by atoms with Gasteiger partial charge >= 0.3 is 8.80 Å². The molecule has 1 aromatic heterocycles. The van der Waals surface area contributed by atoms with Gasteiger partial charge in [0.25, 0.3) is 0 Å². The van der Waals surface area contributed by atoms with Gasteiger partial charge in [-0.15, -0.1) is 5.10 Å². The van der Waals surface area contributed by atoms with E-state index in [2.05, 4.69) is 29.4 Å². The van der Waals surface area contributed by atoms with Crippen molar-refractivity contribution in [2.75, 3.05) is 19.8 Å². The van der Waals surface area contributed by atoms with Gasteiger partial charge in [-0.25, -0.2) is 4.68 Å². The number of aryl methyl sites for hydroxylation is 1. The van der Waals surface area contributed by atoms with Gasteiger partial charge in [-0.1, -0.05) is 25.6 Å². The van der Waals surface area contributed by atoms with Crippen molar-refractivity contribution < 1.29 is 13.3 Å². The minimum atomic E-state index is -2.52. The number of aromatic nitrogens is 4. The van der Waals surface area contributed by atoms with E-state index in [0.29, 0.717) is 25.1 Å². The summed E-state index contributed by atoms with van der Waals surface area (Å²) in [6, 6.07) is 0.831. The first kappa shape index (κ1) is 20.6. The van der Waals surface area contributed by atoms with Crippen LogP contribution in [0.15, 0.2) is 5.16 Å². The molecule has 134 valence electrons. The van der Waals surface area contributed by atoms with Crippen LogP contribution < -0.4 is 0 Å². The molecule has 0 bridgehead atoms. The van der Waals surface area contributed by atoms with Gasteiger partial charge in [-0.3, -0.25) is 0 Å². The second-order valence-electron chi connectivity index (χ2n) is 5.29. The minimum Gasteiger partial charge on any atom is -0.374 e. The average Bonchev–Trinajstić information content (AvgIpc) is 2.91. The third kappa shape index (κ3) is 7.30. The number of hydrogen-bond acceptors (Lipinski definition) is 7. The van der Waals surface area contributed by atoms with Gasteiger partial charge in [0.1, 0.15) is 0 Å². The summed E-state index contributed by atoms with van der Waals surface area (Å²) in [7, 11) is -2.52. The predicted molar refractivity (Wildman–Crippen MR) is 93.5 cm³/mol. The van der Waals surface area contributed by atoms with Crippen molar-refractivity contribution in [2.45, 2.75) is 70.5 Å². The molecule has 0 saturated carbocycles. The van der Waals surface area contributed by atoms with Crippen molar-refractivity contribution in [3.8, 4) is 0 Å². The van der Waals surface area contributed by atoms with Gasteiger partial charge in [0.05, 0.1) is 0 Å². The molecule has 1 rings (SSSR count). The lowest BCUT2D eigenvalue weighted by molar-refractivity contribution is 0.0705. The molecule has 7 nitrogen and oxygen atoms in total. The smallest absolute Gasteiger partial charge is 0.374 e. The summed E-state index contributed by atoms with van der Waals surface area (Å²) in [5.41, 5.74) is 0. The summed E-state index contributed by atoms with van der Waals surface area (Å²) in [6.45, 7) is 12.9. The van der Waals surface area contributed by atoms with Crippen molar-refractivity contribution in [1.29, 1.82) is 0 Å². The Morgan fingerprint density at radius 2 is 1.65 bits per heavy atom. The second kappa shape index (κ2) is 11.1. The van der Waals surface area contributed by atoms with Crippen LogP contribution in [-0.2, 0) is 19.8 Å². The summed E-state index contributed by atoms with van der Waals surface area (Å²) in [5, 5.41) is 13.2. The number of tetrazole rings is 1. The number of thioether (sulfide) groups is 1. The lowest BCUT2D eigenvalue weighted by atomic mass is 10.3. The molecular weight excluding hydrogens is 332 g/mol. The number of rotatable bonds is 13. The number of hydrogen-bond donors (Lipinski definition) is 0. The highest BCUT2D eigenvalue weighted by molar-refractivity contribution is 7.99. The largest absolute Gasteiger partial charge is 0.500 e. The Bertz CT molecular complexity index is 417. The molecule has 0 fully saturated rings. The molecule has 0 saturated heterocycles. The topological polar surface area (TPSA) is 71.3 Å². The Labute approximate surface area is 144 Å². The minimum absolute atomic E-state index is 0.466. The molecule has 0 radical (unpaired) electrons. The predicted octanol–water partition coefficient (Wildman–Crippen LogP) is 3.00. The van der Waals surface area contributed by atoms with Gasteiger partial charge in [0.2, 0.25) is 5.16 Å². The lowest BCUT2D eigenvalue weighted by Gasteiger charge is -2.28. The molecular formula is C14H30N4O3SSi. The Morgan fingerprint density at radius 1 is 1.04 bits per heavy atom. The second-order valence-corrected chi connectivity index (χ2v) is 9.57. The first-order valence-corrected chi connectivity index (χ1v) is 11.2. The first-order valence-electron chi connectivity index (χ1n) is 8.41. The highest BCUT2D eigenvalue weighted by Gasteiger charge is 2.39. The molecule has 0 aromatic carbocycles. The third-order valence-corrected chi connectivity index (χ3v) is 7.16. The van der Waals surface area contributed by atoms with E-state index in [1.807, 2.05) is 25.5 Å². The van der Waals surface area contributed by atoms with E-state index in [1.54, 1.807) is 11.8 Å². The summed E-state index contributed by atoms with van der Waals surface area (Å²) in [4.78, 5) is 0. The molecule has 1 heterocycles. The fourth-order valence-corrected chi connectivity index (χ4v) is 5.68. The van der Waals surface area contributed by atoms with Crippen molar-refractivity contribution >= 4 is 20.6 Å². The quantitative estimate of drug-likeness (QED) is 0.303. The monoisotopic (exact) mass is 362 g/mol. The maximum absolute atomic E-state index is 5.87. The van der Waals surface area contributed by atoms with E-state index in [9.17, 15) is 0 Å². The average molecular weight is 363 g/mol.